The highest BCUT2D eigenvalue weighted by Crippen LogP contribution is 2.35. The zero-order valence-electron chi connectivity index (χ0n) is 17.8. The Bertz CT molecular complexity index is 1210. The van der Waals surface area contributed by atoms with Crippen molar-refractivity contribution in [3.05, 3.63) is 58.1 Å². The lowest BCUT2D eigenvalue weighted by Gasteiger charge is -2.20. The van der Waals surface area contributed by atoms with E-state index in [4.69, 9.17) is 0 Å². The Balaban J connectivity index is 1.68. The van der Waals surface area contributed by atoms with E-state index in [1.165, 1.54) is 22.7 Å². The molecule has 0 unspecified atom stereocenters. The molecule has 2 aromatic heterocycles. The Hall–Kier alpha value is -3.30. The lowest BCUT2D eigenvalue weighted by Crippen LogP contribution is -2.19. The average Bonchev–Trinajstić information content (AvgIpc) is 3.41. The largest absolute Gasteiger partial charge is 0.476 e. The van der Waals surface area contributed by atoms with Gasteiger partial charge in [0, 0.05) is 34.7 Å². The highest BCUT2D eigenvalue weighted by Gasteiger charge is 2.22. The summed E-state index contributed by atoms with van der Waals surface area (Å²) in [6, 6.07) is 5.97. The van der Waals surface area contributed by atoms with Crippen LogP contribution >= 0.6 is 22.7 Å². The number of carboxylic acid groups (broad SMARTS) is 1. The van der Waals surface area contributed by atoms with Crippen LogP contribution in [-0.2, 0) is 0 Å². The number of rotatable bonds is 7. The molecule has 0 saturated carbocycles. The van der Waals surface area contributed by atoms with Crippen LogP contribution in [-0.4, -0.2) is 33.3 Å². The van der Waals surface area contributed by atoms with Crippen molar-refractivity contribution in [2.75, 3.05) is 17.3 Å². The number of benzene rings is 1. The van der Waals surface area contributed by atoms with Crippen LogP contribution in [0.15, 0.2) is 36.5 Å². The summed E-state index contributed by atoms with van der Waals surface area (Å²) < 4.78 is 0. The minimum Gasteiger partial charge on any atom is -0.476 e. The minimum atomic E-state index is -0.997. The highest BCUT2D eigenvalue weighted by atomic mass is 32.1. The van der Waals surface area contributed by atoms with E-state index in [0.29, 0.717) is 10.1 Å². The van der Waals surface area contributed by atoms with Crippen molar-refractivity contribution in [2.24, 2.45) is 5.10 Å². The van der Waals surface area contributed by atoms with Crippen LogP contribution in [0, 0.1) is 0 Å². The molecule has 3 heterocycles. The van der Waals surface area contributed by atoms with Gasteiger partial charge in [-0.3, -0.25) is 5.43 Å². The lowest BCUT2D eigenvalue weighted by molar-refractivity contribution is 0.0690. The van der Waals surface area contributed by atoms with Crippen molar-refractivity contribution >= 4 is 57.3 Å². The van der Waals surface area contributed by atoms with Crippen LogP contribution in [0.1, 0.15) is 57.7 Å². The third kappa shape index (κ3) is 4.21. The number of aromatic nitrogens is 2. The fourth-order valence-corrected chi connectivity index (χ4v) is 5.25. The van der Waals surface area contributed by atoms with Crippen LogP contribution in [0.3, 0.4) is 0 Å². The van der Waals surface area contributed by atoms with Crippen molar-refractivity contribution in [3.63, 3.8) is 0 Å². The van der Waals surface area contributed by atoms with Gasteiger partial charge < -0.3 is 10.4 Å². The summed E-state index contributed by atoms with van der Waals surface area (Å²) in [4.78, 5) is 22.2. The van der Waals surface area contributed by atoms with E-state index in [1.807, 2.05) is 32.0 Å². The van der Waals surface area contributed by atoms with Gasteiger partial charge in [0.25, 0.3) is 0 Å². The van der Waals surface area contributed by atoms with E-state index in [1.54, 1.807) is 12.2 Å². The van der Waals surface area contributed by atoms with Gasteiger partial charge in [-0.1, -0.05) is 38.3 Å². The average molecular weight is 466 g/mol. The number of fused-ring (bicyclic) bond motifs is 1. The number of nitrogens with one attached hydrogen (secondary N) is 2. The van der Waals surface area contributed by atoms with Gasteiger partial charge in [0.15, 0.2) is 5.69 Å². The summed E-state index contributed by atoms with van der Waals surface area (Å²) in [5.41, 5.74) is 7.69. The second-order valence-electron chi connectivity index (χ2n) is 7.48. The molecule has 0 bridgehead atoms. The van der Waals surface area contributed by atoms with Crippen molar-refractivity contribution in [1.29, 1.82) is 0 Å². The first-order valence-corrected chi connectivity index (χ1v) is 11.8. The Labute approximate surface area is 194 Å². The molecule has 0 atom stereocenters. The number of carbonyl (C=O) groups is 1. The summed E-state index contributed by atoms with van der Waals surface area (Å²) in [6.07, 6.45) is 4.19. The molecule has 0 radical (unpaired) electrons. The molecule has 7 nitrogen and oxygen atoms in total. The standard InChI is InChI=1S/C23H23N5O2S2/c1-5-15-18(6-2)31-23(25-15)28-27-17-9-10-24-16-8-7-13(11-14(16)17)21-26-19(22(29)30)20(32-21)12(3)4/h5-8,11-12,24H,1-2,9-10H2,3-4H3,(H,25,28)(H,29,30)/b27-17+. The summed E-state index contributed by atoms with van der Waals surface area (Å²) in [5, 5.41) is 18.9. The highest BCUT2D eigenvalue weighted by molar-refractivity contribution is 7.16. The quantitative estimate of drug-likeness (QED) is 0.370. The van der Waals surface area contributed by atoms with Gasteiger partial charge in [0.1, 0.15) is 5.01 Å². The molecule has 0 amide bonds. The third-order valence-corrected chi connectivity index (χ3v) is 7.36. The second-order valence-corrected chi connectivity index (χ2v) is 9.54. The molecule has 3 N–H and O–H groups in total. The zero-order chi connectivity index (χ0) is 22.8. The maximum atomic E-state index is 11.6. The number of hydrogen-bond donors (Lipinski definition) is 3. The Morgan fingerprint density at radius 3 is 2.72 bits per heavy atom. The summed E-state index contributed by atoms with van der Waals surface area (Å²) in [6.45, 7) is 12.3. The van der Waals surface area contributed by atoms with Crippen molar-refractivity contribution in [1.82, 2.24) is 9.97 Å². The van der Waals surface area contributed by atoms with E-state index >= 15 is 0 Å². The number of anilines is 2. The molecule has 0 saturated heterocycles. The first-order valence-electron chi connectivity index (χ1n) is 10.1. The molecule has 32 heavy (non-hydrogen) atoms. The first kappa shape index (κ1) is 21.9. The van der Waals surface area contributed by atoms with Gasteiger partial charge in [0.2, 0.25) is 5.13 Å². The van der Waals surface area contributed by atoms with Crippen molar-refractivity contribution in [3.8, 4) is 10.6 Å². The molecular formula is C23H23N5O2S2. The van der Waals surface area contributed by atoms with Gasteiger partial charge >= 0.3 is 5.97 Å². The number of nitrogens with zero attached hydrogens (tertiary/aromatic N) is 3. The number of aromatic carboxylic acids is 1. The predicted octanol–water partition coefficient (Wildman–Crippen LogP) is 6.01. The van der Waals surface area contributed by atoms with Crippen LogP contribution in [0.4, 0.5) is 10.8 Å². The fourth-order valence-electron chi connectivity index (χ4n) is 3.44. The van der Waals surface area contributed by atoms with E-state index in [-0.39, 0.29) is 11.6 Å². The van der Waals surface area contributed by atoms with Gasteiger partial charge in [-0.15, -0.1) is 11.3 Å². The van der Waals surface area contributed by atoms with Gasteiger partial charge in [-0.25, -0.2) is 14.8 Å². The number of hydrogen-bond acceptors (Lipinski definition) is 8. The number of thiazole rings is 2. The fraction of sp³-hybridized carbons (Fsp3) is 0.217. The Morgan fingerprint density at radius 1 is 1.28 bits per heavy atom. The molecule has 1 aliphatic heterocycles. The van der Waals surface area contributed by atoms with Crippen LogP contribution < -0.4 is 10.7 Å². The summed E-state index contributed by atoms with van der Waals surface area (Å²) >= 11 is 2.89. The zero-order valence-corrected chi connectivity index (χ0v) is 19.4. The van der Waals surface area contributed by atoms with Gasteiger partial charge in [-0.2, -0.15) is 5.10 Å². The maximum absolute atomic E-state index is 11.6. The SMILES string of the molecule is C=Cc1nc(N/N=C2\CCNc3ccc(-c4nc(C(=O)O)c(C(C)C)s4)cc32)sc1C=C. The smallest absolute Gasteiger partial charge is 0.355 e. The Kier molecular flexibility index (Phi) is 6.20. The topological polar surface area (TPSA) is 99.5 Å². The number of carboxylic acids is 1. The lowest BCUT2D eigenvalue weighted by atomic mass is 9.99. The molecule has 164 valence electrons. The van der Waals surface area contributed by atoms with Gasteiger partial charge in [-0.05, 0) is 36.3 Å². The van der Waals surface area contributed by atoms with Crippen LogP contribution in [0.25, 0.3) is 22.7 Å². The molecule has 3 aromatic rings. The predicted molar refractivity (Wildman–Crippen MR) is 134 cm³/mol. The molecule has 9 heteroatoms. The minimum absolute atomic E-state index is 0.0900. The second kappa shape index (κ2) is 9.05. The van der Waals surface area contributed by atoms with Crippen LogP contribution in [0.5, 0.6) is 0 Å². The van der Waals surface area contributed by atoms with E-state index in [9.17, 15) is 9.90 Å². The Morgan fingerprint density at radius 2 is 2.09 bits per heavy atom. The monoisotopic (exact) mass is 465 g/mol. The van der Waals surface area contributed by atoms with E-state index < -0.39 is 5.97 Å². The first-order chi connectivity index (χ1) is 15.4. The summed E-state index contributed by atoms with van der Waals surface area (Å²) in [7, 11) is 0. The molecular weight excluding hydrogens is 442 g/mol. The maximum Gasteiger partial charge on any atom is 0.355 e. The van der Waals surface area contributed by atoms with Crippen molar-refractivity contribution < 1.29 is 9.90 Å². The molecule has 0 fully saturated rings. The summed E-state index contributed by atoms with van der Waals surface area (Å²) in [5.74, 6) is -0.907. The van der Waals surface area contributed by atoms with E-state index in [2.05, 4.69) is 39.0 Å². The normalized spacial score (nSPS) is 14.2. The van der Waals surface area contributed by atoms with E-state index in [0.717, 1.165) is 50.9 Å². The molecule has 1 aliphatic rings. The third-order valence-electron chi connectivity index (χ3n) is 4.98. The molecule has 1 aromatic carbocycles. The molecule has 0 aliphatic carbocycles. The van der Waals surface area contributed by atoms with Crippen molar-refractivity contribution in [2.45, 2.75) is 26.2 Å². The number of hydrazone groups is 1. The molecule has 0 spiro atoms. The molecule has 4 rings (SSSR count). The van der Waals surface area contributed by atoms with Crippen LogP contribution in [0.2, 0.25) is 0 Å². The van der Waals surface area contributed by atoms with Gasteiger partial charge in [0.05, 0.1) is 16.3 Å².